The summed E-state index contributed by atoms with van der Waals surface area (Å²) >= 11 is 0. The molecule has 0 spiro atoms. The molecule has 18 heavy (non-hydrogen) atoms. The van der Waals surface area contributed by atoms with E-state index in [2.05, 4.69) is 0 Å². The normalized spacial score (nSPS) is 14.4. The van der Waals surface area contributed by atoms with Gasteiger partial charge in [0.25, 0.3) is 0 Å². The van der Waals surface area contributed by atoms with Crippen LogP contribution in [-0.2, 0) is 16.9 Å². The average Bonchev–Trinajstić information content (AvgIpc) is 2.34. The molecule has 1 aromatic rings. The smallest absolute Gasteiger partial charge is 0.164 e. The van der Waals surface area contributed by atoms with Crippen molar-refractivity contribution in [3.05, 3.63) is 23.3 Å². The van der Waals surface area contributed by atoms with E-state index in [1.807, 2.05) is 0 Å². The highest BCUT2D eigenvalue weighted by molar-refractivity contribution is 5.55. The van der Waals surface area contributed by atoms with Crippen molar-refractivity contribution in [1.29, 1.82) is 0 Å². The third-order valence-corrected chi connectivity index (χ3v) is 2.94. The van der Waals surface area contributed by atoms with E-state index in [9.17, 15) is 9.18 Å². The Bertz CT molecular complexity index is 449. The molecular formula is C14H17FO3. The Hall–Kier alpha value is -1.58. The van der Waals surface area contributed by atoms with Crippen molar-refractivity contribution in [3.63, 3.8) is 0 Å². The lowest BCUT2D eigenvalue weighted by Gasteiger charge is -2.24. The van der Waals surface area contributed by atoms with Gasteiger partial charge in [-0.25, -0.2) is 4.39 Å². The molecule has 0 bridgehead atoms. The van der Waals surface area contributed by atoms with Gasteiger partial charge >= 0.3 is 0 Å². The monoisotopic (exact) mass is 252 g/mol. The molecule has 2 rings (SSSR count). The Morgan fingerprint density at radius 1 is 1.33 bits per heavy atom. The number of halogens is 1. The van der Waals surface area contributed by atoms with Crippen molar-refractivity contribution in [1.82, 2.24) is 0 Å². The Balaban J connectivity index is 2.44. The fraction of sp³-hybridized carbons (Fsp3) is 0.500. The third kappa shape index (κ3) is 2.63. The van der Waals surface area contributed by atoms with Crippen molar-refractivity contribution >= 4 is 6.29 Å². The lowest BCUT2D eigenvalue weighted by Crippen LogP contribution is -2.19. The lowest BCUT2D eigenvalue weighted by atomic mass is 9.95. The SMILES string of the molecule is CC(C)(F)c1cc(CCC=O)c2c(c1)OCCO2. The van der Waals surface area contributed by atoms with Crippen molar-refractivity contribution in [2.24, 2.45) is 0 Å². The van der Waals surface area contributed by atoms with Crippen LogP contribution in [0.5, 0.6) is 11.5 Å². The molecule has 4 heteroatoms. The quantitative estimate of drug-likeness (QED) is 0.773. The van der Waals surface area contributed by atoms with E-state index >= 15 is 0 Å². The number of benzene rings is 1. The topological polar surface area (TPSA) is 35.5 Å². The van der Waals surface area contributed by atoms with Crippen LogP contribution in [0.3, 0.4) is 0 Å². The number of carbonyl (C=O) groups excluding carboxylic acids is 1. The van der Waals surface area contributed by atoms with Crippen molar-refractivity contribution in [3.8, 4) is 11.5 Å². The molecule has 0 atom stereocenters. The third-order valence-electron chi connectivity index (χ3n) is 2.94. The molecule has 98 valence electrons. The summed E-state index contributed by atoms with van der Waals surface area (Å²) in [4.78, 5) is 10.5. The first-order valence-corrected chi connectivity index (χ1v) is 6.08. The van der Waals surface area contributed by atoms with E-state index in [1.54, 1.807) is 12.1 Å². The summed E-state index contributed by atoms with van der Waals surface area (Å²) < 4.78 is 25.1. The van der Waals surface area contributed by atoms with Crippen molar-refractivity contribution in [2.45, 2.75) is 32.4 Å². The number of fused-ring (bicyclic) bond motifs is 1. The van der Waals surface area contributed by atoms with Crippen LogP contribution in [0.1, 0.15) is 31.4 Å². The Morgan fingerprint density at radius 3 is 2.72 bits per heavy atom. The van der Waals surface area contributed by atoms with Crippen LogP contribution in [0.4, 0.5) is 4.39 Å². The Labute approximate surface area is 106 Å². The van der Waals surface area contributed by atoms with Gasteiger partial charge in [0.1, 0.15) is 25.2 Å². The summed E-state index contributed by atoms with van der Waals surface area (Å²) in [6.45, 7) is 3.96. The summed E-state index contributed by atoms with van der Waals surface area (Å²) in [6, 6.07) is 3.44. The second-order valence-electron chi connectivity index (χ2n) is 4.84. The van der Waals surface area contributed by atoms with Gasteiger partial charge in [0, 0.05) is 6.42 Å². The number of carbonyl (C=O) groups is 1. The molecule has 0 radical (unpaired) electrons. The molecule has 1 aliphatic heterocycles. The molecule has 0 fully saturated rings. The molecule has 3 nitrogen and oxygen atoms in total. The molecule has 0 aromatic heterocycles. The second-order valence-corrected chi connectivity index (χ2v) is 4.84. The van der Waals surface area contributed by atoms with Gasteiger partial charge in [0.15, 0.2) is 11.5 Å². The average molecular weight is 252 g/mol. The first-order valence-electron chi connectivity index (χ1n) is 6.08. The van der Waals surface area contributed by atoms with Crippen LogP contribution in [0.25, 0.3) is 0 Å². The minimum absolute atomic E-state index is 0.395. The zero-order valence-corrected chi connectivity index (χ0v) is 10.7. The van der Waals surface area contributed by atoms with Gasteiger partial charge < -0.3 is 14.3 Å². The number of ether oxygens (including phenoxy) is 2. The maximum absolute atomic E-state index is 14.0. The number of rotatable bonds is 4. The first-order chi connectivity index (χ1) is 8.52. The van der Waals surface area contributed by atoms with E-state index in [0.29, 0.717) is 43.1 Å². The van der Waals surface area contributed by atoms with Crippen LogP contribution in [0, 0.1) is 0 Å². The van der Waals surface area contributed by atoms with Gasteiger partial charge in [-0.2, -0.15) is 0 Å². The molecule has 1 aromatic carbocycles. The van der Waals surface area contributed by atoms with Crippen molar-refractivity contribution in [2.75, 3.05) is 13.2 Å². The fourth-order valence-corrected chi connectivity index (χ4v) is 1.97. The Kier molecular flexibility index (Phi) is 3.55. The maximum atomic E-state index is 14.0. The van der Waals surface area contributed by atoms with Gasteiger partial charge in [-0.15, -0.1) is 0 Å². The lowest BCUT2D eigenvalue weighted by molar-refractivity contribution is -0.107. The predicted octanol–water partition coefficient (Wildman–Crippen LogP) is 2.79. The van der Waals surface area contributed by atoms with Gasteiger partial charge in [-0.05, 0) is 43.5 Å². The molecule has 0 saturated carbocycles. The summed E-state index contributed by atoms with van der Waals surface area (Å²) in [5.41, 5.74) is -0.0566. The number of aldehydes is 1. The summed E-state index contributed by atoms with van der Waals surface area (Å²) in [5, 5.41) is 0. The minimum atomic E-state index is -1.44. The van der Waals surface area contributed by atoms with E-state index < -0.39 is 5.67 Å². The van der Waals surface area contributed by atoms with Crippen molar-refractivity contribution < 1.29 is 18.7 Å². The van der Waals surface area contributed by atoms with E-state index in [-0.39, 0.29) is 0 Å². The standard InChI is InChI=1S/C14H17FO3/c1-14(2,15)11-8-10(4-3-5-16)13-12(9-11)17-6-7-18-13/h5,8-9H,3-4,6-7H2,1-2H3. The fourth-order valence-electron chi connectivity index (χ4n) is 1.97. The highest BCUT2D eigenvalue weighted by Gasteiger charge is 2.25. The van der Waals surface area contributed by atoms with E-state index in [1.165, 1.54) is 13.8 Å². The van der Waals surface area contributed by atoms with Gasteiger partial charge in [-0.3, -0.25) is 0 Å². The molecule has 0 N–H and O–H groups in total. The zero-order valence-electron chi connectivity index (χ0n) is 10.7. The maximum Gasteiger partial charge on any atom is 0.164 e. The molecule has 0 saturated heterocycles. The molecular weight excluding hydrogens is 235 g/mol. The summed E-state index contributed by atoms with van der Waals surface area (Å²) in [6.07, 6.45) is 1.79. The highest BCUT2D eigenvalue weighted by Crippen LogP contribution is 2.39. The number of hydrogen-bond donors (Lipinski definition) is 0. The van der Waals surface area contributed by atoms with Crippen LogP contribution >= 0.6 is 0 Å². The summed E-state index contributed by atoms with van der Waals surface area (Å²) in [5.74, 6) is 1.22. The zero-order chi connectivity index (χ0) is 13.2. The van der Waals surface area contributed by atoms with Gasteiger partial charge in [-0.1, -0.05) is 0 Å². The number of hydrogen-bond acceptors (Lipinski definition) is 3. The van der Waals surface area contributed by atoms with Crippen LogP contribution in [0.2, 0.25) is 0 Å². The molecule has 1 aliphatic rings. The predicted molar refractivity (Wildman–Crippen MR) is 66.0 cm³/mol. The first kappa shape index (κ1) is 12.9. The van der Waals surface area contributed by atoms with E-state index in [0.717, 1.165) is 11.8 Å². The number of alkyl halides is 1. The molecule has 1 heterocycles. The largest absolute Gasteiger partial charge is 0.486 e. The van der Waals surface area contributed by atoms with Crippen LogP contribution in [0.15, 0.2) is 12.1 Å². The minimum Gasteiger partial charge on any atom is -0.486 e. The second kappa shape index (κ2) is 4.96. The molecule has 0 unspecified atom stereocenters. The summed E-state index contributed by atoms with van der Waals surface area (Å²) in [7, 11) is 0. The van der Waals surface area contributed by atoms with Gasteiger partial charge in [0.2, 0.25) is 0 Å². The van der Waals surface area contributed by atoms with E-state index in [4.69, 9.17) is 9.47 Å². The van der Waals surface area contributed by atoms with Crippen LogP contribution in [-0.4, -0.2) is 19.5 Å². The molecule has 0 aliphatic carbocycles. The highest BCUT2D eigenvalue weighted by atomic mass is 19.1. The van der Waals surface area contributed by atoms with Gasteiger partial charge in [0.05, 0.1) is 0 Å². The number of aryl methyl sites for hydroxylation is 1. The van der Waals surface area contributed by atoms with Crippen LogP contribution < -0.4 is 9.47 Å². The Morgan fingerprint density at radius 2 is 2.06 bits per heavy atom. The molecule has 0 amide bonds.